The summed E-state index contributed by atoms with van der Waals surface area (Å²) in [7, 11) is 0. The standard InChI is InChI=1S/C26H26ClN5O6/c1-26(2,3)38-21(33)7-5-11-37-25(35)30-16-13-19-23(28-14-16)32-22(31-19)17-12-15(8-9-18(17)27)29-24(34)20-6-4-10-36-20/h4,6,8-10,12-14H,5,7,11H2,1-3H3,(H,29,34)(H,30,35)(H,28,31,32). The zero-order valence-electron chi connectivity index (χ0n) is 21.0. The maximum Gasteiger partial charge on any atom is 0.411 e. The van der Waals surface area contributed by atoms with Crippen LogP contribution in [-0.2, 0) is 14.3 Å². The van der Waals surface area contributed by atoms with Gasteiger partial charge in [0.05, 0.1) is 35.3 Å². The number of anilines is 2. The van der Waals surface area contributed by atoms with Crippen LogP contribution in [0.1, 0.15) is 44.2 Å². The van der Waals surface area contributed by atoms with Gasteiger partial charge in [-0.25, -0.2) is 14.8 Å². The SMILES string of the molecule is CC(C)(C)OC(=O)CCCOC(=O)Nc1cnc2nc(-c3cc(NC(=O)c4ccco4)ccc3Cl)[nH]c2c1. The lowest BCUT2D eigenvalue weighted by atomic mass is 10.2. The summed E-state index contributed by atoms with van der Waals surface area (Å²) in [4.78, 5) is 48.0. The Morgan fingerprint density at radius 2 is 1.92 bits per heavy atom. The fourth-order valence-electron chi connectivity index (χ4n) is 3.41. The Hall–Kier alpha value is -4.38. The molecule has 4 rings (SSSR count). The van der Waals surface area contributed by atoms with E-state index < -0.39 is 17.6 Å². The number of amides is 2. The number of carbonyl (C=O) groups excluding carboxylic acids is 3. The maximum absolute atomic E-state index is 12.3. The number of carbonyl (C=O) groups is 3. The van der Waals surface area contributed by atoms with E-state index in [4.69, 9.17) is 25.5 Å². The third kappa shape index (κ3) is 7.10. The molecule has 3 N–H and O–H groups in total. The predicted octanol–water partition coefficient (Wildman–Crippen LogP) is 5.79. The molecule has 0 saturated heterocycles. The van der Waals surface area contributed by atoms with E-state index in [1.54, 1.807) is 57.2 Å². The number of esters is 1. The number of hydrogen-bond acceptors (Lipinski definition) is 8. The van der Waals surface area contributed by atoms with E-state index in [0.29, 0.717) is 45.4 Å². The molecule has 0 radical (unpaired) electrons. The first-order chi connectivity index (χ1) is 18.1. The molecule has 3 heterocycles. The highest BCUT2D eigenvalue weighted by molar-refractivity contribution is 6.33. The minimum Gasteiger partial charge on any atom is -0.460 e. The van der Waals surface area contributed by atoms with Gasteiger partial charge in [0.15, 0.2) is 11.4 Å². The summed E-state index contributed by atoms with van der Waals surface area (Å²) in [5, 5.41) is 5.75. The minimum atomic E-state index is -0.682. The number of halogens is 1. The van der Waals surface area contributed by atoms with Gasteiger partial charge in [-0.3, -0.25) is 14.9 Å². The first-order valence-corrected chi connectivity index (χ1v) is 12.1. The molecule has 0 unspecified atom stereocenters. The lowest BCUT2D eigenvalue weighted by Gasteiger charge is -2.19. The van der Waals surface area contributed by atoms with Crippen LogP contribution < -0.4 is 10.6 Å². The molecule has 4 aromatic rings. The van der Waals surface area contributed by atoms with Crippen LogP contribution in [0, 0.1) is 0 Å². The Morgan fingerprint density at radius 3 is 2.66 bits per heavy atom. The van der Waals surface area contributed by atoms with E-state index in [1.807, 2.05) is 0 Å². The smallest absolute Gasteiger partial charge is 0.411 e. The van der Waals surface area contributed by atoms with Crippen LogP contribution in [0.15, 0.2) is 53.3 Å². The Kier molecular flexibility index (Phi) is 7.96. The van der Waals surface area contributed by atoms with Crippen molar-refractivity contribution in [1.29, 1.82) is 0 Å². The zero-order valence-corrected chi connectivity index (χ0v) is 21.7. The quantitative estimate of drug-likeness (QED) is 0.188. The van der Waals surface area contributed by atoms with E-state index in [0.717, 1.165) is 0 Å². The molecule has 1 aromatic carbocycles. The van der Waals surface area contributed by atoms with Gasteiger partial charge in [-0.1, -0.05) is 11.6 Å². The Bertz CT molecular complexity index is 1460. The van der Waals surface area contributed by atoms with Crippen molar-refractivity contribution in [3.63, 3.8) is 0 Å². The van der Waals surface area contributed by atoms with Gasteiger partial charge >= 0.3 is 12.1 Å². The largest absolute Gasteiger partial charge is 0.460 e. The highest BCUT2D eigenvalue weighted by Gasteiger charge is 2.17. The average Bonchev–Trinajstić information content (AvgIpc) is 3.52. The summed E-state index contributed by atoms with van der Waals surface area (Å²) < 4.78 is 15.5. The lowest BCUT2D eigenvalue weighted by molar-refractivity contribution is -0.155. The molecule has 12 heteroatoms. The number of fused-ring (bicyclic) bond motifs is 1. The van der Waals surface area contributed by atoms with Crippen LogP contribution in [0.3, 0.4) is 0 Å². The summed E-state index contributed by atoms with van der Waals surface area (Å²) in [6, 6.07) is 9.81. The van der Waals surface area contributed by atoms with Crippen molar-refractivity contribution in [2.24, 2.45) is 0 Å². The number of nitrogens with zero attached hydrogens (tertiary/aromatic N) is 2. The highest BCUT2D eigenvalue weighted by Crippen LogP contribution is 2.30. The van der Waals surface area contributed by atoms with Crippen LogP contribution in [0.2, 0.25) is 5.02 Å². The van der Waals surface area contributed by atoms with Crippen LogP contribution in [-0.4, -0.2) is 45.1 Å². The number of rotatable bonds is 8. The number of pyridine rings is 1. The van der Waals surface area contributed by atoms with E-state index in [2.05, 4.69) is 25.6 Å². The van der Waals surface area contributed by atoms with Crippen molar-refractivity contribution in [3.8, 4) is 11.4 Å². The molecule has 0 saturated carbocycles. The van der Waals surface area contributed by atoms with E-state index >= 15 is 0 Å². The summed E-state index contributed by atoms with van der Waals surface area (Å²) >= 11 is 6.39. The molecule has 0 atom stereocenters. The number of furan rings is 1. The maximum atomic E-state index is 12.3. The van der Waals surface area contributed by atoms with Crippen molar-refractivity contribution in [1.82, 2.24) is 15.0 Å². The molecule has 0 aliphatic carbocycles. The molecule has 0 aliphatic heterocycles. The Balaban J connectivity index is 1.37. The molecule has 11 nitrogen and oxygen atoms in total. The number of aromatic nitrogens is 3. The number of H-pyrrole nitrogens is 1. The van der Waals surface area contributed by atoms with Gasteiger partial charge in [0.1, 0.15) is 11.4 Å². The van der Waals surface area contributed by atoms with Gasteiger partial charge in [-0.15, -0.1) is 0 Å². The van der Waals surface area contributed by atoms with Gasteiger partial charge in [0.2, 0.25) is 0 Å². The minimum absolute atomic E-state index is 0.0558. The fourth-order valence-corrected chi connectivity index (χ4v) is 3.62. The number of hydrogen-bond donors (Lipinski definition) is 3. The fraction of sp³-hybridized carbons (Fsp3) is 0.269. The second-order valence-corrected chi connectivity index (χ2v) is 9.66. The van der Waals surface area contributed by atoms with Gasteiger partial charge in [0.25, 0.3) is 5.91 Å². The predicted molar refractivity (Wildman–Crippen MR) is 141 cm³/mol. The third-order valence-corrected chi connectivity index (χ3v) is 5.32. The van der Waals surface area contributed by atoms with Crippen LogP contribution in [0.25, 0.3) is 22.6 Å². The molecule has 198 valence electrons. The third-order valence-electron chi connectivity index (χ3n) is 4.99. The van der Waals surface area contributed by atoms with Crippen LogP contribution in [0.5, 0.6) is 0 Å². The van der Waals surface area contributed by atoms with Gasteiger partial charge in [-0.05, 0) is 63.6 Å². The van der Waals surface area contributed by atoms with E-state index in [-0.39, 0.29) is 24.8 Å². The summed E-state index contributed by atoms with van der Waals surface area (Å²) in [6.07, 6.45) is 2.66. The first-order valence-electron chi connectivity index (χ1n) is 11.7. The first kappa shape index (κ1) is 26.7. The molecule has 0 fully saturated rings. The van der Waals surface area contributed by atoms with E-state index in [9.17, 15) is 14.4 Å². The van der Waals surface area contributed by atoms with Crippen LogP contribution in [0.4, 0.5) is 16.2 Å². The number of ether oxygens (including phenoxy) is 2. The molecule has 0 spiro atoms. The molecule has 0 aliphatic rings. The topological polar surface area (TPSA) is 148 Å². The number of aromatic amines is 1. The van der Waals surface area contributed by atoms with Crippen LogP contribution >= 0.6 is 11.6 Å². The lowest BCUT2D eigenvalue weighted by Crippen LogP contribution is -2.24. The molecule has 38 heavy (non-hydrogen) atoms. The molecular formula is C26H26ClN5O6. The Labute approximate surface area is 222 Å². The molecule has 2 amide bonds. The van der Waals surface area contributed by atoms with E-state index in [1.165, 1.54) is 12.5 Å². The Morgan fingerprint density at radius 1 is 1.11 bits per heavy atom. The van der Waals surface area contributed by atoms with Crippen molar-refractivity contribution < 1.29 is 28.3 Å². The molecule has 0 bridgehead atoms. The second kappa shape index (κ2) is 11.3. The summed E-state index contributed by atoms with van der Waals surface area (Å²) in [6.45, 7) is 5.42. The van der Waals surface area contributed by atoms with Crippen molar-refractivity contribution >= 4 is 52.1 Å². The second-order valence-electron chi connectivity index (χ2n) is 9.26. The summed E-state index contributed by atoms with van der Waals surface area (Å²) in [5.41, 5.74) is 1.81. The average molecular weight is 540 g/mol. The van der Waals surface area contributed by atoms with Crippen molar-refractivity contribution in [3.05, 3.63) is 59.6 Å². The molecular weight excluding hydrogens is 514 g/mol. The normalized spacial score (nSPS) is 11.3. The molecule has 3 aromatic heterocycles. The van der Waals surface area contributed by atoms with Gasteiger partial charge < -0.3 is 24.2 Å². The number of nitrogens with one attached hydrogen (secondary N) is 3. The van der Waals surface area contributed by atoms with Gasteiger partial charge in [-0.2, -0.15) is 0 Å². The van der Waals surface area contributed by atoms with Crippen molar-refractivity contribution in [2.75, 3.05) is 17.2 Å². The number of imidazole rings is 1. The number of benzene rings is 1. The highest BCUT2D eigenvalue weighted by atomic mass is 35.5. The summed E-state index contributed by atoms with van der Waals surface area (Å²) in [5.74, 6) is -0.150. The monoisotopic (exact) mass is 539 g/mol. The van der Waals surface area contributed by atoms with Gasteiger partial charge in [0, 0.05) is 17.7 Å². The van der Waals surface area contributed by atoms with Crippen molar-refractivity contribution in [2.45, 2.75) is 39.2 Å². The zero-order chi connectivity index (χ0) is 27.3.